The van der Waals surface area contributed by atoms with E-state index in [1.54, 1.807) is 0 Å². The Morgan fingerprint density at radius 2 is 2.25 bits per heavy atom. The lowest BCUT2D eigenvalue weighted by atomic mass is 10.1. The van der Waals surface area contributed by atoms with Crippen LogP contribution in [0.3, 0.4) is 0 Å². The lowest BCUT2D eigenvalue weighted by Crippen LogP contribution is -2.37. The number of fused-ring (bicyclic) bond motifs is 1. The van der Waals surface area contributed by atoms with Crippen molar-refractivity contribution in [1.82, 2.24) is 4.90 Å². The van der Waals surface area contributed by atoms with E-state index in [0.717, 1.165) is 23.2 Å². The maximum absolute atomic E-state index is 10.7. The molecule has 0 spiro atoms. The van der Waals surface area contributed by atoms with Crippen molar-refractivity contribution in [2.75, 3.05) is 13.1 Å². The summed E-state index contributed by atoms with van der Waals surface area (Å²) in [4.78, 5) is 13.0. The van der Waals surface area contributed by atoms with Crippen LogP contribution in [0, 0.1) is 0 Å². The molecular formula is C15H18BrNO3. The third-order valence-electron chi connectivity index (χ3n) is 3.88. The molecule has 20 heavy (non-hydrogen) atoms. The van der Waals surface area contributed by atoms with E-state index in [9.17, 15) is 4.79 Å². The molecule has 2 aliphatic rings. The van der Waals surface area contributed by atoms with E-state index in [0.29, 0.717) is 12.6 Å². The first kappa shape index (κ1) is 13.9. The molecule has 1 aromatic rings. The molecule has 1 unspecified atom stereocenters. The topological polar surface area (TPSA) is 49.8 Å². The van der Waals surface area contributed by atoms with E-state index < -0.39 is 5.97 Å². The molecule has 5 heteroatoms. The summed E-state index contributed by atoms with van der Waals surface area (Å²) in [6.07, 6.45) is 3.64. The maximum atomic E-state index is 10.7. The van der Waals surface area contributed by atoms with Gasteiger partial charge in [0, 0.05) is 30.0 Å². The summed E-state index contributed by atoms with van der Waals surface area (Å²) < 4.78 is 7.04. The highest BCUT2D eigenvalue weighted by molar-refractivity contribution is 9.10. The molecule has 0 saturated heterocycles. The number of ether oxygens (including phenoxy) is 1. The van der Waals surface area contributed by atoms with Gasteiger partial charge < -0.3 is 9.84 Å². The van der Waals surface area contributed by atoms with E-state index in [2.05, 4.69) is 26.9 Å². The van der Waals surface area contributed by atoms with Gasteiger partial charge in [-0.3, -0.25) is 9.69 Å². The Hall–Kier alpha value is -1.07. The predicted molar refractivity (Wildman–Crippen MR) is 79.1 cm³/mol. The molecule has 4 nitrogen and oxygen atoms in total. The summed E-state index contributed by atoms with van der Waals surface area (Å²) in [6, 6.07) is 6.66. The average molecular weight is 340 g/mol. The number of carbonyl (C=O) groups is 1. The van der Waals surface area contributed by atoms with Gasteiger partial charge in [-0.25, -0.2) is 0 Å². The number of benzene rings is 1. The number of hydrogen-bond acceptors (Lipinski definition) is 3. The first-order valence-corrected chi connectivity index (χ1v) is 7.82. The molecule has 1 saturated carbocycles. The average Bonchev–Trinajstić information content (AvgIpc) is 3.15. The highest BCUT2D eigenvalue weighted by Crippen LogP contribution is 2.33. The van der Waals surface area contributed by atoms with Crippen LogP contribution in [-0.2, 0) is 11.2 Å². The third-order valence-corrected chi connectivity index (χ3v) is 4.37. The monoisotopic (exact) mass is 339 g/mol. The minimum absolute atomic E-state index is 0.147. The normalized spacial score (nSPS) is 20.8. The summed E-state index contributed by atoms with van der Waals surface area (Å²) >= 11 is 3.48. The van der Waals surface area contributed by atoms with Gasteiger partial charge in [0.1, 0.15) is 11.9 Å². The molecule has 0 radical (unpaired) electrons. The molecule has 1 heterocycles. The fourth-order valence-electron chi connectivity index (χ4n) is 2.75. The molecule has 108 valence electrons. The first-order valence-electron chi connectivity index (χ1n) is 7.03. The lowest BCUT2D eigenvalue weighted by molar-refractivity contribution is -0.137. The summed E-state index contributed by atoms with van der Waals surface area (Å²) in [7, 11) is 0. The summed E-state index contributed by atoms with van der Waals surface area (Å²) in [5.41, 5.74) is 1.23. The molecule has 1 aliphatic heterocycles. The van der Waals surface area contributed by atoms with Crippen LogP contribution in [0.2, 0.25) is 0 Å². The van der Waals surface area contributed by atoms with Gasteiger partial charge in [-0.05, 0) is 36.6 Å². The van der Waals surface area contributed by atoms with Gasteiger partial charge in [0.15, 0.2) is 0 Å². The van der Waals surface area contributed by atoms with Gasteiger partial charge >= 0.3 is 5.97 Å². The molecular weight excluding hydrogens is 322 g/mol. The van der Waals surface area contributed by atoms with E-state index >= 15 is 0 Å². The largest absolute Gasteiger partial charge is 0.488 e. The van der Waals surface area contributed by atoms with Crippen LogP contribution in [0.25, 0.3) is 0 Å². The molecule has 3 rings (SSSR count). The van der Waals surface area contributed by atoms with Crippen LogP contribution in [0.1, 0.15) is 24.8 Å². The standard InChI is InChI=1S/C15H18BrNO3/c16-11-1-4-14-10(7-11)8-13(20-14)9-17(12-2-3-12)6-5-15(18)19/h1,4,7,12-13H,2-3,5-6,8-9H2,(H,18,19). The van der Waals surface area contributed by atoms with E-state index in [1.807, 2.05) is 12.1 Å². The Morgan fingerprint density at radius 3 is 2.95 bits per heavy atom. The first-order chi connectivity index (χ1) is 9.61. The molecule has 1 aliphatic carbocycles. The summed E-state index contributed by atoms with van der Waals surface area (Å²) in [6.45, 7) is 1.45. The Balaban J connectivity index is 1.59. The minimum atomic E-state index is -0.727. The second kappa shape index (κ2) is 5.74. The molecule has 1 N–H and O–H groups in total. The summed E-state index contributed by atoms with van der Waals surface area (Å²) in [5.74, 6) is 0.238. The molecule has 1 aromatic carbocycles. The second-order valence-electron chi connectivity index (χ2n) is 5.57. The van der Waals surface area contributed by atoms with Gasteiger partial charge in [0.25, 0.3) is 0 Å². The minimum Gasteiger partial charge on any atom is -0.488 e. The van der Waals surface area contributed by atoms with Gasteiger partial charge in [-0.2, -0.15) is 0 Å². The maximum Gasteiger partial charge on any atom is 0.304 e. The van der Waals surface area contributed by atoms with Crippen LogP contribution >= 0.6 is 15.9 Å². The highest BCUT2D eigenvalue weighted by atomic mass is 79.9. The van der Waals surface area contributed by atoms with Crippen molar-refractivity contribution in [2.45, 2.75) is 37.8 Å². The van der Waals surface area contributed by atoms with Crippen molar-refractivity contribution in [2.24, 2.45) is 0 Å². The van der Waals surface area contributed by atoms with Crippen molar-refractivity contribution in [3.8, 4) is 5.75 Å². The molecule has 0 amide bonds. The zero-order valence-electron chi connectivity index (χ0n) is 11.2. The lowest BCUT2D eigenvalue weighted by Gasteiger charge is -2.24. The Kier molecular flexibility index (Phi) is 3.98. The van der Waals surface area contributed by atoms with Crippen molar-refractivity contribution < 1.29 is 14.6 Å². The third kappa shape index (κ3) is 3.33. The van der Waals surface area contributed by atoms with Gasteiger partial charge in [-0.15, -0.1) is 0 Å². The number of nitrogens with zero attached hydrogens (tertiary/aromatic N) is 1. The van der Waals surface area contributed by atoms with Crippen molar-refractivity contribution in [1.29, 1.82) is 0 Å². The van der Waals surface area contributed by atoms with Crippen molar-refractivity contribution in [3.05, 3.63) is 28.2 Å². The van der Waals surface area contributed by atoms with E-state index in [-0.39, 0.29) is 12.5 Å². The Labute approximate surface area is 126 Å². The van der Waals surface area contributed by atoms with Gasteiger partial charge in [-0.1, -0.05) is 15.9 Å². The van der Waals surface area contributed by atoms with Crippen LogP contribution in [0.5, 0.6) is 5.75 Å². The zero-order chi connectivity index (χ0) is 14.1. The quantitative estimate of drug-likeness (QED) is 0.865. The Morgan fingerprint density at radius 1 is 1.45 bits per heavy atom. The number of hydrogen-bond donors (Lipinski definition) is 1. The molecule has 0 bridgehead atoms. The fraction of sp³-hybridized carbons (Fsp3) is 0.533. The van der Waals surface area contributed by atoms with Gasteiger partial charge in [0.05, 0.1) is 6.42 Å². The van der Waals surface area contributed by atoms with Crippen LogP contribution < -0.4 is 4.74 Å². The number of carboxylic acid groups (broad SMARTS) is 1. The zero-order valence-corrected chi connectivity index (χ0v) is 12.8. The number of carboxylic acids is 1. The van der Waals surface area contributed by atoms with Crippen molar-refractivity contribution >= 4 is 21.9 Å². The Bertz CT molecular complexity index is 516. The number of halogens is 1. The molecule has 1 atom stereocenters. The number of rotatable bonds is 6. The highest BCUT2D eigenvalue weighted by Gasteiger charge is 2.33. The fourth-order valence-corrected chi connectivity index (χ4v) is 3.16. The smallest absolute Gasteiger partial charge is 0.304 e. The van der Waals surface area contributed by atoms with Crippen LogP contribution in [0.4, 0.5) is 0 Å². The molecule has 0 aromatic heterocycles. The predicted octanol–water partition coefficient (Wildman–Crippen LogP) is 2.69. The van der Waals surface area contributed by atoms with Crippen molar-refractivity contribution in [3.63, 3.8) is 0 Å². The van der Waals surface area contributed by atoms with Gasteiger partial charge in [0.2, 0.25) is 0 Å². The second-order valence-corrected chi connectivity index (χ2v) is 6.48. The van der Waals surface area contributed by atoms with E-state index in [4.69, 9.17) is 9.84 Å². The van der Waals surface area contributed by atoms with E-state index in [1.165, 1.54) is 18.4 Å². The SMILES string of the molecule is O=C(O)CCN(CC1Cc2cc(Br)ccc2O1)C1CC1. The van der Waals surface area contributed by atoms with Crippen LogP contribution in [-0.4, -0.2) is 41.2 Å². The number of aliphatic carboxylic acids is 1. The molecule has 1 fully saturated rings. The van der Waals surface area contributed by atoms with Crippen LogP contribution in [0.15, 0.2) is 22.7 Å². The summed E-state index contributed by atoms with van der Waals surface area (Å²) in [5, 5.41) is 8.83.